The molecule has 0 N–H and O–H groups in total. The summed E-state index contributed by atoms with van der Waals surface area (Å²) in [5.41, 5.74) is -0.0691. The standard InChI is InChI=1S/C10H11N3O2/c1-2-9-11-8(12-15-9)7-13-6-4-3-5-10(13)14/h3-6H,2,7H2,1H3. The van der Waals surface area contributed by atoms with Gasteiger partial charge in [0.25, 0.3) is 5.56 Å². The Kier molecular flexibility index (Phi) is 2.62. The van der Waals surface area contributed by atoms with Gasteiger partial charge in [-0.1, -0.05) is 18.1 Å². The molecule has 2 heterocycles. The van der Waals surface area contributed by atoms with Crippen LogP contribution in [-0.4, -0.2) is 14.7 Å². The van der Waals surface area contributed by atoms with E-state index >= 15 is 0 Å². The minimum Gasteiger partial charge on any atom is -0.339 e. The molecular formula is C10H11N3O2. The summed E-state index contributed by atoms with van der Waals surface area (Å²) < 4.78 is 6.48. The molecule has 2 rings (SSSR count). The lowest BCUT2D eigenvalue weighted by Gasteiger charge is -1.98. The van der Waals surface area contributed by atoms with Gasteiger partial charge in [0.2, 0.25) is 5.89 Å². The van der Waals surface area contributed by atoms with Gasteiger partial charge in [-0.15, -0.1) is 0 Å². The first-order valence-corrected chi connectivity index (χ1v) is 4.76. The molecule has 2 aromatic rings. The second-order valence-corrected chi connectivity index (χ2v) is 3.12. The molecule has 0 fully saturated rings. The topological polar surface area (TPSA) is 60.9 Å². The maximum atomic E-state index is 11.4. The highest BCUT2D eigenvalue weighted by Crippen LogP contribution is 1.99. The zero-order valence-corrected chi connectivity index (χ0v) is 8.38. The van der Waals surface area contributed by atoms with Crippen molar-refractivity contribution in [2.45, 2.75) is 19.9 Å². The molecule has 0 atom stereocenters. The third-order valence-electron chi connectivity index (χ3n) is 2.02. The zero-order chi connectivity index (χ0) is 10.7. The monoisotopic (exact) mass is 205 g/mol. The smallest absolute Gasteiger partial charge is 0.250 e. The van der Waals surface area contributed by atoms with Crippen molar-refractivity contribution in [1.29, 1.82) is 0 Å². The van der Waals surface area contributed by atoms with Crippen molar-refractivity contribution in [2.75, 3.05) is 0 Å². The molecule has 0 aliphatic heterocycles. The van der Waals surface area contributed by atoms with Crippen LogP contribution < -0.4 is 5.56 Å². The second kappa shape index (κ2) is 4.08. The van der Waals surface area contributed by atoms with Gasteiger partial charge in [0, 0.05) is 18.7 Å². The molecular weight excluding hydrogens is 194 g/mol. The molecule has 0 aliphatic rings. The molecule has 0 aromatic carbocycles. The number of hydrogen-bond donors (Lipinski definition) is 0. The Morgan fingerprint density at radius 1 is 1.47 bits per heavy atom. The number of pyridine rings is 1. The molecule has 0 saturated heterocycles. The average molecular weight is 205 g/mol. The fraction of sp³-hybridized carbons (Fsp3) is 0.300. The SMILES string of the molecule is CCc1nc(Cn2ccccc2=O)no1. The Labute approximate surface area is 86.4 Å². The van der Waals surface area contributed by atoms with Gasteiger partial charge in [-0.25, -0.2) is 0 Å². The molecule has 2 aromatic heterocycles. The largest absolute Gasteiger partial charge is 0.339 e. The third kappa shape index (κ3) is 2.12. The molecule has 0 unspecified atom stereocenters. The first-order chi connectivity index (χ1) is 7.29. The average Bonchev–Trinajstić information content (AvgIpc) is 2.69. The van der Waals surface area contributed by atoms with E-state index in [-0.39, 0.29) is 5.56 Å². The molecule has 0 spiro atoms. The van der Waals surface area contributed by atoms with E-state index < -0.39 is 0 Å². The molecule has 5 nitrogen and oxygen atoms in total. The van der Waals surface area contributed by atoms with E-state index in [4.69, 9.17) is 4.52 Å². The van der Waals surface area contributed by atoms with E-state index in [1.807, 2.05) is 6.92 Å². The van der Waals surface area contributed by atoms with E-state index in [9.17, 15) is 4.79 Å². The van der Waals surface area contributed by atoms with E-state index in [2.05, 4.69) is 10.1 Å². The van der Waals surface area contributed by atoms with Gasteiger partial charge < -0.3 is 9.09 Å². The number of aryl methyl sites for hydroxylation is 1. The number of nitrogens with zero attached hydrogens (tertiary/aromatic N) is 3. The van der Waals surface area contributed by atoms with Crippen molar-refractivity contribution in [3.8, 4) is 0 Å². The van der Waals surface area contributed by atoms with E-state index in [0.717, 1.165) is 0 Å². The minimum atomic E-state index is -0.0691. The molecule has 0 bridgehead atoms. The predicted octanol–water partition coefficient (Wildman–Crippen LogP) is 0.842. The van der Waals surface area contributed by atoms with Gasteiger partial charge in [-0.2, -0.15) is 4.98 Å². The summed E-state index contributed by atoms with van der Waals surface area (Å²) >= 11 is 0. The summed E-state index contributed by atoms with van der Waals surface area (Å²) in [7, 11) is 0. The highest BCUT2D eigenvalue weighted by Gasteiger charge is 2.05. The maximum Gasteiger partial charge on any atom is 0.250 e. The normalized spacial score (nSPS) is 10.5. The molecule has 0 saturated carbocycles. The zero-order valence-electron chi connectivity index (χ0n) is 8.38. The van der Waals surface area contributed by atoms with Gasteiger partial charge >= 0.3 is 0 Å². The number of rotatable bonds is 3. The highest BCUT2D eigenvalue weighted by atomic mass is 16.5. The van der Waals surface area contributed by atoms with Crippen LogP contribution in [0.3, 0.4) is 0 Å². The van der Waals surface area contributed by atoms with E-state index in [0.29, 0.717) is 24.7 Å². The second-order valence-electron chi connectivity index (χ2n) is 3.12. The summed E-state index contributed by atoms with van der Waals surface area (Å²) in [5, 5.41) is 3.78. The molecule has 15 heavy (non-hydrogen) atoms. The maximum absolute atomic E-state index is 11.4. The summed E-state index contributed by atoms with van der Waals surface area (Å²) in [6, 6.07) is 5.00. The number of aromatic nitrogens is 3. The third-order valence-corrected chi connectivity index (χ3v) is 2.02. The Morgan fingerprint density at radius 3 is 3.00 bits per heavy atom. The van der Waals surface area contributed by atoms with Crippen molar-refractivity contribution < 1.29 is 4.52 Å². The summed E-state index contributed by atoms with van der Waals surface area (Å²) in [5.74, 6) is 1.12. The molecule has 0 aliphatic carbocycles. The number of hydrogen-bond acceptors (Lipinski definition) is 4. The van der Waals surface area contributed by atoms with Crippen molar-refractivity contribution >= 4 is 0 Å². The quantitative estimate of drug-likeness (QED) is 0.745. The lowest BCUT2D eigenvalue weighted by molar-refractivity contribution is 0.375. The van der Waals surface area contributed by atoms with Crippen LogP contribution in [0.25, 0.3) is 0 Å². The summed E-state index contributed by atoms with van der Waals surface area (Å²) in [6.45, 7) is 2.29. The van der Waals surface area contributed by atoms with Crippen LogP contribution in [0.15, 0.2) is 33.7 Å². The van der Waals surface area contributed by atoms with Gasteiger partial charge in [-0.05, 0) is 6.07 Å². The lowest BCUT2D eigenvalue weighted by Crippen LogP contribution is -2.18. The molecule has 78 valence electrons. The lowest BCUT2D eigenvalue weighted by atomic mass is 10.4. The van der Waals surface area contributed by atoms with Gasteiger partial charge in [0.15, 0.2) is 5.82 Å². The molecule has 0 radical (unpaired) electrons. The Morgan fingerprint density at radius 2 is 2.33 bits per heavy atom. The van der Waals surface area contributed by atoms with Gasteiger partial charge in [0.05, 0.1) is 6.54 Å². The highest BCUT2D eigenvalue weighted by molar-refractivity contribution is 4.96. The summed E-state index contributed by atoms with van der Waals surface area (Å²) in [6.07, 6.45) is 2.40. The molecule has 5 heteroatoms. The predicted molar refractivity (Wildman–Crippen MR) is 53.5 cm³/mol. The van der Waals surface area contributed by atoms with Gasteiger partial charge in [-0.3, -0.25) is 4.79 Å². The fourth-order valence-electron chi connectivity index (χ4n) is 1.24. The van der Waals surface area contributed by atoms with Crippen molar-refractivity contribution in [2.24, 2.45) is 0 Å². The summed E-state index contributed by atoms with van der Waals surface area (Å²) in [4.78, 5) is 15.5. The Balaban J connectivity index is 2.22. The van der Waals surface area contributed by atoms with Crippen LogP contribution in [-0.2, 0) is 13.0 Å². The van der Waals surface area contributed by atoms with E-state index in [1.165, 1.54) is 10.6 Å². The minimum absolute atomic E-state index is 0.0691. The Bertz CT molecular complexity index is 501. The van der Waals surface area contributed by atoms with Crippen molar-refractivity contribution in [3.05, 3.63) is 46.5 Å². The van der Waals surface area contributed by atoms with Crippen LogP contribution in [0.4, 0.5) is 0 Å². The van der Waals surface area contributed by atoms with Crippen LogP contribution in [0.2, 0.25) is 0 Å². The first kappa shape index (κ1) is 9.64. The molecule has 0 amide bonds. The fourth-order valence-corrected chi connectivity index (χ4v) is 1.24. The first-order valence-electron chi connectivity index (χ1n) is 4.76. The van der Waals surface area contributed by atoms with Crippen LogP contribution in [0.1, 0.15) is 18.6 Å². The van der Waals surface area contributed by atoms with Crippen LogP contribution in [0.5, 0.6) is 0 Å². The van der Waals surface area contributed by atoms with Crippen molar-refractivity contribution in [1.82, 2.24) is 14.7 Å². The van der Waals surface area contributed by atoms with Crippen LogP contribution in [0, 0.1) is 0 Å². The van der Waals surface area contributed by atoms with Crippen LogP contribution >= 0.6 is 0 Å². The Hall–Kier alpha value is -1.91. The van der Waals surface area contributed by atoms with Gasteiger partial charge in [0.1, 0.15) is 0 Å². The van der Waals surface area contributed by atoms with Crippen molar-refractivity contribution in [3.63, 3.8) is 0 Å². The van der Waals surface area contributed by atoms with E-state index in [1.54, 1.807) is 18.3 Å².